The summed E-state index contributed by atoms with van der Waals surface area (Å²) in [5.74, 6) is 0.727. The highest BCUT2D eigenvalue weighted by molar-refractivity contribution is 14.0. The van der Waals surface area contributed by atoms with E-state index in [0.29, 0.717) is 13.1 Å². The van der Waals surface area contributed by atoms with Crippen LogP contribution in [0, 0.1) is 0 Å². The molecule has 0 unspecified atom stereocenters. The van der Waals surface area contributed by atoms with Crippen LogP contribution in [0.25, 0.3) is 5.69 Å². The first-order chi connectivity index (χ1) is 11.8. The first-order valence-electron chi connectivity index (χ1n) is 7.77. The van der Waals surface area contributed by atoms with Gasteiger partial charge < -0.3 is 10.6 Å². The van der Waals surface area contributed by atoms with E-state index in [-0.39, 0.29) is 24.0 Å². The summed E-state index contributed by atoms with van der Waals surface area (Å²) >= 11 is 0. The molecule has 0 saturated carbocycles. The molecule has 0 atom stereocenters. The summed E-state index contributed by atoms with van der Waals surface area (Å²) in [5, 5.41) is 15.2. The standard InChI is InChI=1S/C17H21N7.HI/c1-18-17(20-13-16-8-10-21-23(16)2)19-12-14-9-11-24(22-14)15-6-4-3-5-7-15;/h3-11H,12-13H2,1-2H3,(H2,18,19,20);1H. The van der Waals surface area contributed by atoms with Crippen LogP contribution in [0.2, 0.25) is 0 Å². The first kappa shape index (κ1) is 19.0. The van der Waals surface area contributed by atoms with Crippen LogP contribution < -0.4 is 10.6 Å². The van der Waals surface area contributed by atoms with Crippen LogP contribution in [0.15, 0.2) is 59.9 Å². The summed E-state index contributed by atoms with van der Waals surface area (Å²) in [7, 11) is 3.67. The fraction of sp³-hybridized carbons (Fsp3) is 0.235. The molecule has 3 aromatic rings. The number of halogens is 1. The van der Waals surface area contributed by atoms with Gasteiger partial charge in [-0.3, -0.25) is 9.67 Å². The molecule has 0 aliphatic heterocycles. The van der Waals surface area contributed by atoms with E-state index < -0.39 is 0 Å². The number of nitrogens with zero attached hydrogens (tertiary/aromatic N) is 5. The Kier molecular flexibility index (Phi) is 6.99. The van der Waals surface area contributed by atoms with Gasteiger partial charge in [0, 0.05) is 26.5 Å². The van der Waals surface area contributed by atoms with Crippen molar-refractivity contribution in [2.75, 3.05) is 7.05 Å². The van der Waals surface area contributed by atoms with E-state index >= 15 is 0 Å². The van der Waals surface area contributed by atoms with E-state index in [2.05, 4.69) is 25.8 Å². The lowest BCUT2D eigenvalue weighted by molar-refractivity contribution is 0.682. The topological polar surface area (TPSA) is 72.1 Å². The normalized spacial score (nSPS) is 11.0. The highest BCUT2D eigenvalue weighted by Crippen LogP contribution is 2.06. The molecule has 2 heterocycles. The second-order valence-corrected chi connectivity index (χ2v) is 5.31. The third kappa shape index (κ3) is 5.05. The van der Waals surface area contributed by atoms with Gasteiger partial charge in [-0.1, -0.05) is 18.2 Å². The van der Waals surface area contributed by atoms with Gasteiger partial charge in [-0.15, -0.1) is 24.0 Å². The molecular weight excluding hydrogens is 429 g/mol. The molecule has 2 N–H and O–H groups in total. The van der Waals surface area contributed by atoms with Crippen molar-refractivity contribution >= 4 is 29.9 Å². The van der Waals surface area contributed by atoms with Gasteiger partial charge in [0.15, 0.2) is 5.96 Å². The molecule has 0 saturated heterocycles. The van der Waals surface area contributed by atoms with E-state index in [1.54, 1.807) is 13.2 Å². The van der Waals surface area contributed by atoms with Crippen molar-refractivity contribution in [1.82, 2.24) is 30.2 Å². The van der Waals surface area contributed by atoms with Crippen LogP contribution in [0.1, 0.15) is 11.4 Å². The molecule has 0 radical (unpaired) electrons. The van der Waals surface area contributed by atoms with Crippen LogP contribution in [0.4, 0.5) is 0 Å². The van der Waals surface area contributed by atoms with E-state index in [0.717, 1.165) is 23.0 Å². The van der Waals surface area contributed by atoms with Crippen molar-refractivity contribution in [1.29, 1.82) is 0 Å². The van der Waals surface area contributed by atoms with Crippen LogP contribution in [-0.4, -0.2) is 32.6 Å². The SMILES string of the molecule is CN=C(NCc1ccn(-c2ccccc2)n1)NCc1ccnn1C.I. The molecule has 2 aromatic heterocycles. The third-order valence-corrected chi connectivity index (χ3v) is 3.69. The molecule has 0 bridgehead atoms. The Balaban J connectivity index is 0.00000225. The number of aryl methyl sites for hydroxylation is 1. The van der Waals surface area contributed by atoms with E-state index in [1.165, 1.54) is 0 Å². The Morgan fingerprint density at radius 2 is 1.84 bits per heavy atom. The average Bonchev–Trinajstić information content (AvgIpc) is 3.25. The number of para-hydroxylation sites is 1. The van der Waals surface area contributed by atoms with Crippen molar-refractivity contribution in [3.8, 4) is 5.69 Å². The molecule has 0 aliphatic rings. The molecule has 25 heavy (non-hydrogen) atoms. The summed E-state index contributed by atoms with van der Waals surface area (Å²) in [4.78, 5) is 4.23. The van der Waals surface area contributed by atoms with Crippen LogP contribution in [0.5, 0.6) is 0 Å². The van der Waals surface area contributed by atoms with Gasteiger partial charge in [-0.05, 0) is 24.3 Å². The Hall–Kier alpha value is -2.36. The Morgan fingerprint density at radius 1 is 1.08 bits per heavy atom. The number of guanidine groups is 1. The number of nitrogens with one attached hydrogen (secondary N) is 2. The maximum Gasteiger partial charge on any atom is 0.191 e. The van der Waals surface area contributed by atoms with Gasteiger partial charge in [0.25, 0.3) is 0 Å². The smallest absolute Gasteiger partial charge is 0.191 e. The Bertz CT molecular complexity index is 807. The summed E-state index contributed by atoms with van der Waals surface area (Å²) in [5.41, 5.74) is 3.08. The van der Waals surface area contributed by atoms with Crippen LogP contribution >= 0.6 is 24.0 Å². The monoisotopic (exact) mass is 451 g/mol. The Labute approximate surface area is 164 Å². The molecule has 8 heteroatoms. The lowest BCUT2D eigenvalue weighted by Crippen LogP contribution is -2.36. The number of hydrogen-bond acceptors (Lipinski definition) is 3. The molecule has 132 valence electrons. The van der Waals surface area contributed by atoms with Crippen LogP contribution in [0.3, 0.4) is 0 Å². The van der Waals surface area contributed by atoms with Crippen molar-refractivity contribution < 1.29 is 0 Å². The predicted molar refractivity (Wildman–Crippen MR) is 109 cm³/mol. The van der Waals surface area contributed by atoms with Gasteiger partial charge in [0.1, 0.15) is 0 Å². The summed E-state index contributed by atoms with van der Waals surface area (Å²) in [6.07, 6.45) is 3.74. The maximum absolute atomic E-state index is 4.57. The maximum atomic E-state index is 4.57. The van der Waals surface area contributed by atoms with E-state index in [1.807, 2.05) is 65.1 Å². The van der Waals surface area contributed by atoms with Crippen molar-refractivity contribution in [3.05, 3.63) is 66.2 Å². The average molecular weight is 451 g/mol. The third-order valence-electron chi connectivity index (χ3n) is 3.69. The molecule has 1 aromatic carbocycles. The predicted octanol–water partition coefficient (Wildman–Crippen LogP) is 2.09. The summed E-state index contributed by atoms with van der Waals surface area (Å²) in [6.45, 7) is 1.26. The highest BCUT2D eigenvalue weighted by Gasteiger charge is 2.04. The van der Waals surface area contributed by atoms with E-state index in [4.69, 9.17) is 0 Å². The van der Waals surface area contributed by atoms with Gasteiger partial charge in [0.2, 0.25) is 0 Å². The Morgan fingerprint density at radius 3 is 2.52 bits per heavy atom. The molecule has 0 amide bonds. The zero-order chi connectivity index (χ0) is 16.8. The lowest BCUT2D eigenvalue weighted by Gasteiger charge is -2.11. The quantitative estimate of drug-likeness (QED) is 0.354. The zero-order valence-corrected chi connectivity index (χ0v) is 16.6. The fourth-order valence-corrected chi connectivity index (χ4v) is 2.32. The fourth-order valence-electron chi connectivity index (χ4n) is 2.32. The minimum absolute atomic E-state index is 0. The minimum atomic E-state index is 0. The number of hydrogen-bond donors (Lipinski definition) is 2. The molecule has 3 rings (SSSR count). The van der Waals surface area contributed by atoms with Crippen molar-refractivity contribution in [2.24, 2.45) is 12.0 Å². The zero-order valence-electron chi connectivity index (χ0n) is 14.3. The van der Waals surface area contributed by atoms with Crippen molar-refractivity contribution in [3.63, 3.8) is 0 Å². The van der Waals surface area contributed by atoms with E-state index in [9.17, 15) is 0 Å². The van der Waals surface area contributed by atoms with Gasteiger partial charge in [-0.2, -0.15) is 10.2 Å². The summed E-state index contributed by atoms with van der Waals surface area (Å²) < 4.78 is 3.70. The number of aromatic nitrogens is 4. The number of aliphatic imine (C=N–C) groups is 1. The van der Waals surface area contributed by atoms with Crippen molar-refractivity contribution in [2.45, 2.75) is 13.1 Å². The highest BCUT2D eigenvalue weighted by atomic mass is 127. The molecule has 0 fully saturated rings. The van der Waals surface area contributed by atoms with Gasteiger partial charge in [-0.25, -0.2) is 4.68 Å². The largest absolute Gasteiger partial charge is 0.351 e. The molecular formula is C17H22IN7. The number of rotatable bonds is 5. The molecule has 0 spiro atoms. The molecule has 0 aliphatic carbocycles. The van der Waals surface area contributed by atoms with Gasteiger partial charge in [0.05, 0.1) is 30.2 Å². The second kappa shape index (κ2) is 9.21. The molecule has 7 nitrogen and oxygen atoms in total. The lowest BCUT2D eigenvalue weighted by atomic mass is 10.3. The minimum Gasteiger partial charge on any atom is -0.351 e. The first-order valence-corrected chi connectivity index (χ1v) is 7.77. The summed E-state index contributed by atoms with van der Waals surface area (Å²) in [6, 6.07) is 14.0. The van der Waals surface area contributed by atoms with Gasteiger partial charge >= 0.3 is 0 Å². The number of benzene rings is 1. The van der Waals surface area contributed by atoms with Crippen LogP contribution in [-0.2, 0) is 20.1 Å². The second-order valence-electron chi connectivity index (χ2n) is 5.31.